The molecule has 370 valence electrons. The van der Waals surface area contributed by atoms with E-state index in [9.17, 15) is 19.4 Å². The van der Waals surface area contributed by atoms with Crippen LogP contribution in [-0.2, 0) is 18.4 Å². The van der Waals surface area contributed by atoms with E-state index < -0.39 is 26.6 Å². The lowest BCUT2D eigenvalue weighted by molar-refractivity contribution is -0.870. The van der Waals surface area contributed by atoms with E-state index >= 15 is 0 Å². The number of nitrogens with one attached hydrogen (secondary N) is 1. The van der Waals surface area contributed by atoms with E-state index in [0.717, 1.165) is 44.9 Å². The van der Waals surface area contributed by atoms with E-state index in [1.165, 1.54) is 173 Å². The fraction of sp³-hybridized carbons (Fsp3) is 0.833. The molecule has 0 aromatic heterocycles. The van der Waals surface area contributed by atoms with Gasteiger partial charge < -0.3 is 28.8 Å². The zero-order valence-electron chi connectivity index (χ0n) is 42.0. The Morgan fingerprint density at radius 2 is 0.937 bits per heavy atom. The number of aliphatic hydroxyl groups is 1. The van der Waals surface area contributed by atoms with Gasteiger partial charge in [-0.3, -0.25) is 9.36 Å². The Labute approximate surface area is 390 Å². The number of carbonyl (C=O) groups is 1. The largest absolute Gasteiger partial charge is 0.756 e. The van der Waals surface area contributed by atoms with Crippen LogP contribution in [0.4, 0.5) is 0 Å². The third-order valence-electron chi connectivity index (χ3n) is 11.8. The van der Waals surface area contributed by atoms with Crippen LogP contribution in [0.15, 0.2) is 48.6 Å². The van der Waals surface area contributed by atoms with E-state index in [-0.39, 0.29) is 12.5 Å². The molecule has 0 rings (SSSR count). The maximum Gasteiger partial charge on any atom is 0.268 e. The highest BCUT2D eigenvalue weighted by atomic mass is 31.2. The van der Waals surface area contributed by atoms with Gasteiger partial charge in [-0.15, -0.1) is 0 Å². The van der Waals surface area contributed by atoms with Crippen LogP contribution < -0.4 is 10.2 Å². The van der Waals surface area contributed by atoms with Gasteiger partial charge in [-0.05, 0) is 64.2 Å². The van der Waals surface area contributed by atoms with Crippen molar-refractivity contribution in [2.24, 2.45) is 0 Å². The molecule has 0 saturated heterocycles. The van der Waals surface area contributed by atoms with Gasteiger partial charge in [-0.2, -0.15) is 0 Å². The fourth-order valence-electron chi connectivity index (χ4n) is 7.55. The van der Waals surface area contributed by atoms with E-state index in [4.69, 9.17) is 9.05 Å². The second-order valence-corrected chi connectivity index (χ2v) is 20.6. The summed E-state index contributed by atoms with van der Waals surface area (Å²) in [4.78, 5) is 25.4. The van der Waals surface area contributed by atoms with E-state index in [0.29, 0.717) is 17.4 Å². The van der Waals surface area contributed by atoms with Crippen LogP contribution in [-0.4, -0.2) is 68.5 Å². The lowest BCUT2D eigenvalue weighted by atomic mass is 10.0. The minimum absolute atomic E-state index is 0.00801. The smallest absolute Gasteiger partial charge is 0.268 e. The summed E-state index contributed by atoms with van der Waals surface area (Å²) < 4.78 is 23.3. The summed E-state index contributed by atoms with van der Waals surface area (Å²) in [6, 6.07) is -0.906. The number of likely N-dealkylation sites (N-methyl/N-ethyl adjacent to an activating group) is 1. The van der Waals surface area contributed by atoms with Crippen molar-refractivity contribution in [1.82, 2.24) is 5.32 Å². The molecule has 0 saturated carbocycles. The van der Waals surface area contributed by atoms with Gasteiger partial charge in [0.1, 0.15) is 13.2 Å². The van der Waals surface area contributed by atoms with Crippen molar-refractivity contribution in [3.8, 4) is 0 Å². The number of carbonyl (C=O) groups excluding carboxylic acids is 1. The number of aliphatic hydroxyl groups excluding tert-OH is 1. The quantitative estimate of drug-likeness (QED) is 0.0272. The summed E-state index contributed by atoms with van der Waals surface area (Å²) in [5.41, 5.74) is 0. The lowest BCUT2D eigenvalue weighted by Crippen LogP contribution is -2.45. The average molecular weight is 907 g/mol. The van der Waals surface area contributed by atoms with Crippen LogP contribution >= 0.6 is 7.82 Å². The monoisotopic (exact) mass is 907 g/mol. The third kappa shape index (κ3) is 48.2. The molecule has 0 radical (unpaired) electrons. The number of quaternary nitrogens is 1. The van der Waals surface area contributed by atoms with Crippen molar-refractivity contribution in [2.45, 2.75) is 251 Å². The molecule has 2 N–H and O–H groups in total. The highest BCUT2D eigenvalue weighted by molar-refractivity contribution is 7.45. The van der Waals surface area contributed by atoms with Gasteiger partial charge in [0.05, 0.1) is 39.9 Å². The highest BCUT2D eigenvalue weighted by Crippen LogP contribution is 2.38. The molecule has 0 bridgehead atoms. The molecule has 0 aliphatic heterocycles. The van der Waals surface area contributed by atoms with Crippen LogP contribution in [0.3, 0.4) is 0 Å². The van der Waals surface area contributed by atoms with Crippen molar-refractivity contribution in [1.29, 1.82) is 0 Å². The lowest BCUT2D eigenvalue weighted by Gasteiger charge is -2.29. The summed E-state index contributed by atoms with van der Waals surface area (Å²) in [5, 5.41) is 13.8. The van der Waals surface area contributed by atoms with E-state index in [1.807, 2.05) is 27.2 Å². The molecular formula is C54H103N2O6P. The molecule has 8 nitrogen and oxygen atoms in total. The minimum Gasteiger partial charge on any atom is -0.756 e. The predicted octanol–water partition coefficient (Wildman–Crippen LogP) is 15.0. The first kappa shape index (κ1) is 61.5. The first-order valence-electron chi connectivity index (χ1n) is 26.5. The van der Waals surface area contributed by atoms with Gasteiger partial charge in [0.25, 0.3) is 7.82 Å². The summed E-state index contributed by atoms with van der Waals surface area (Å²) in [6.45, 7) is 4.63. The number of phosphoric acid groups is 1. The molecule has 0 aliphatic rings. The van der Waals surface area contributed by atoms with Crippen LogP contribution in [0.25, 0.3) is 0 Å². The zero-order chi connectivity index (χ0) is 46.4. The Bertz CT molecular complexity index is 1170. The van der Waals surface area contributed by atoms with Gasteiger partial charge in [0, 0.05) is 6.42 Å². The number of nitrogens with zero attached hydrogens (tertiary/aromatic N) is 1. The number of hydrogen-bond donors (Lipinski definition) is 2. The SMILES string of the molecule is CCCCCCC/C=C\C/C=C\CCCCCCCCCCCC(=O)NC(COP(=O)([O-])OCC[N+](C)(C)C)C(O)/C=C/CC/C=C/CCCCCCCCCCCCCCCC. The van der Waals surface area contributed by atoms with Crippen LogP contribution in [0.1, 0.15) is 239 Å². The Morgan fingerprint density at radius 1 is 0.556 bits per heavy atom. The van der Waals surface area contributed by atoms with E-state index in [2.05, 4.69) is 55.6 Å². The maximum atomic E-state index is 12.9. The van der Waals surface area contributed by atoms with Crippen LogP contribution in [0.5, 0.6) is 0 Å². The number of phosphoric ester groups is 1. The highest BCUT2D eigenvalue weighted by Gasteiger charge is 2.23. The first-order chi connectivity index (χ1) is 30.5. The molecule has 0 aromatic rings. The van der Waals surface area contributed by atoms with Crippen molar-refractivity contribution >= 4 is 13.7 Å². The van der Waals surface area contributed by atoms with Crippen molar-refractivity contribution in [2.75, 3.05) is 40.9 Å². The van der Waals surface area contributed by atoms with Gasteiger partial charge >= 0.3 is 0 Å². The van der Waals surface area contributed by atoms with Crippen LogP contribution in [0.2, 0.25) is 0 Å². The fourth-order valence-corrected chi connectivity index (χ4v) is 8.28. The standard InChI is InChI=1S/C54H103N2O6P/c1-6-8-10-12-14-16-18-20-22-24-26-28-30-32-34-36-38-40-42-44-46-48-54(58)55-52(51-62-63(59,60)61-50-49-56(3,4)5)53(57)47-45-43-41-39-37-35-33-31-29-27-25-23-21-19-17-15-13-11-9-7-2/h18,20,24,26,37,39,45,47,52-53,57H,6-17,19,21-23,25,27-36,38,40-44,46,48-51H2,1-5H3,(H-,55,58,59,60)/b20-18-,26-24-,39-37+,47-45+. The Morgan fingerprint density at radius 3 is 1.38 bits per heavy atom. The summed E-state index contributed by atoms with van der Waals surface area (Å²) in [7, 11) is 1.24. The van der Waals surface area contributed by atoms with Crippen molar-refractivity contribution in [3.05, 3.63) is 48.6 Å². The molecule has 0 aliphatic carbocycles. The number of rotatable bonds is 48. The molecule has 3 atom stereocenters. The number of allylic oxidation sites excluding steroid dienone is 7. The summed E-state index contributed by atoms with van der Waals surface area (Å²) in [6.07, 6.45) is 58.8. The molecule has 3 unspecified atom stereocenters. The first-order valence-corrected chi connectivity index (χ1v) is 28.0. The Kier molecular flexibility index (Phi) is 44.5. The van der Waals surface area contributed by atoms with Gasteiger partial charge in [0.2, 0.25) is 5.91 Å². The second kappa shape index (κ2) is 45.6. The van der Waals surface area contributed by atoms with Crippen LogP contribution in [0, 0.1) is 0 Å². The van der Waals surface area contributed by atoms with Gasteiger partial charge in [-0.25, -0.2) is 0 Å². The maximum absolute atomic E-state index is 12.9. The third-order valence-corrected chi connectivity index (χ3v) is 12.7. The normalized spacial score (nSPS) is 14.5. The summed E-state index contributed by atoms with van der Waals surface area (Å²) >= 11 is 0. The minimum atomic E-state index is -4.60. The Hall–Kier alpha value is -1.54. The number of hydrogen-bond acceptors (Lipinski definition) is 6. The van der Waals surface area contributed by atoms with Gasteiger partial charge in [0.15, 0.2) is 0 Å². The Balaban J connectivity index is 4.34. The van der Waals surface area contributed by atoms with Crippen molar-refractivity contribution < 1.29 is 32.9 Å². The molecular weight excluding hydrogens is 804 g/mol. The van der Waals surface area contributed by atoms with Gasteiger partial charge in [-0.1, -0.05) is 217 Å². The summed E-state index contributed by atoms with van der Waals surface area (Å²) in [5.74, 6) is -0.211. The molecule has 9 heteroatoms. The molecule has 63 heavy (non-hydrogen) atoms. The number of unbranched alkanes of at least 4 members (excludes halogenated alkanes) is 29. The molecule has 0 spiro atoms. The molecule has 0 heterocycles. The molecule has 0 fully saturated rings. The van der Waals surface area contributed by atoms with Crippen molar-refractivity contribution in [3.63, 3.8) is 0 Å². The topological polar surface area (TPSA) is 108 Å². The molecule has 0 aromatic carbocycles. The predicted molar refractivity (Wildman–Crippen MR) is 270 cm³/mol. The average Bonchev–Trinajstić information content (AvgIpc) is 3.24. The van der Waals surface area contributed by atoms with E-state index in [1.54, 1.807) is 6.08 Å². The molecule has 1 amide bonds. The second-order valence-electron chi connectivity index (χ2n) is 19.2. The zero-order valence-corrected chi connectivity index (χ0v) is 42.9. The number of amides is 1.